The highest BCUT2D eigenvalue weighted by molar-refractivity contribution is 5.92. The Bertz CT molecular complexity index is 784. The highest BCUT2D eigenvalue weighted by Crippen LogP contribution is 2.20. The second-order valence-corrected chi connectivity index (χ2v) is 7.09. The SMILES string of the molecule is CC(C)CC(=O)Nc1ccc(NC(=O)N2CCc3ccccc3C2)cc1. The number of carbonyl (C=O) groups excluding carboxylic acids is 2. The summed E-state index contributed by atoms with van der Waals surface area (Å²) in [6, 6.07) is 15.4. The van der Waals surface area contributed by atoms with E-state index < -0.39 is 0 Å². The summed E-state index contributed by atoms with van der Waals surface area (Å²) in [4.78, 5) is 26.1. The summed E-state index contributed by atoms with van der Waals surface area (Å²) in [5, 5.41) is 5.80. The first-order valence-corrected chi connectivity index (χ1v) is 9.04. The molecule has 3 amide bonds. The first-order valence-electron chi connectivity index (χ1n) is 9.04. The molecule has 0 saturated heterocycles. The van der Waals surface area contributed by atoms with E-state index in [0.717, 1.165) is 17.8 Å². The lowest BCUT2D eigenvalue weighted by molar-refractivity contribution is -0.116. The zero-order valence-corrected chi connectivity index (χ0v) is 15.3. The molecule has 5 nitrogen and oxygen atoms in total. The van der Waals surface area contributed by atoms with Gasteiger partial charge in [0, 0.05) is 30.9 Å². The molecule has 0 saturated carbocycles. The van der Waals surface area contributed by atoms with Crippen molar-refractivity contribution in [3.8, 4) is 0 Å². The predicted octanol–water partition coefficient (Wildman–Crippen LogP) is 4.26. The van der Waals surface area contributed by atoms with E-state index in [1.165, 1.54) is 11.1 Å². The lowest BCUT2D eigenvalue weighted by Gasteiger charge is -2.29. The number of nitrogens with one attached hydrogen (secondary N) is 2. The number of amides is 3. The van der Waals surface area contributed by atoms with Crippen LogP contribution in [0.4, 0.5) is 16.2 Å². The van der Waals surface area contributed by atoms with Crippen LogP contribution in [0.2, 0.25) is 0 Å². The van der Waals surface area contributed by atoms with Crippen LogP contribution >= 0.6 is 0 Å². The van der Waals surface area contributed by atoms with Crippen molar-refractivity contribution in [2.75, 3.05) is 17.2 Å². The van der Waals surface area contributed by atoms with Crippen LogP contribution in [0.1, 0.15) is 31.4 Å². The molecule has 1 heterocycles. The van der Waals surface area contributed by atoms with Gasteiger partial charge in [-0.3, -0.25) is 4.79 Å². The lowest BCUT2D eigenvalue weighted by Crippen LogP contribution is -2.38. The monoisotopic (exact) mass is 351 g/mol. The number of urea groups is 1. The Morgan fingerprint density at radius 1 is 0.962 bits per heavy atom. The molecule has 2 N–H and O–H groups in total. The minimum absolute atomic E-state index is 0.00349. The number of nitrogens with zero attached hydrogens (tertiary/aromatic N) is 1. The van der Waals surface area contributed by atoms with Crippen LogP contribution < -0.4 is 10.6 Å². The van der Waals surface area contributed by atoms with Gasteiger partial charge in [0.1, 0.15) is 0 Å². The first kappa shape index (κ1) is 18.0. The first-order chi connectivity index (χ1) is 12.5. The number of fused-ring (bicyclic) bond motifs is 1. The van der Waals surface area contributed by atoms with Crippen molar-refractivity contribution in [2.45, 2.75) is 33.2 Å². The fourth-order valence-electron chi connectivity index (χ4n) is 3.09. The molecule has 2 aromatic rings. The Morgan fingerprint density at radius 2 is 1.58 bits per heavy atom. The molecular formula is C21H25N3O2. The lowest BCUT2D eigenvalue weighted by atomic mass is 10.0. The van der Waals surface area contributed by atoms with E-state index in [1.54, 1.807) is 24.3 Å². The van der Waals surface area contributed by atoms with Gasteiger partial charge in [0.15, 0.2) is 0 Å². The average Bonchev–Trinajstić information content (AvgIpc) is 2.62. The molecule has 0 aliphatic carbocycles. The van der Waals surface area contributed by atoms with E-state index in [1.807, 2.05) is 30.9 Å². The van der Waals surface area contributed by atoms with E-state index >= 15 is 0 Å². The molecule has 5 heteroatoms. The van der Waals surface area contributed by atoms with Crippen molar-refractivity contribution in [3.63, 3.8) is 0 Å². The van der Waals surface area contributed by atoms with Gasteiger partial charge >= 0.3 is 6.03 Å². The van der Waals surface area contributed by atoms with Gasteiger partial charge in [0.05, 0.1) is 0 Å². The summed E-state index contributed by atoms with van der Waals surface area (Å²) < 4.78 is 0. The Balaban J connectivity index is 1.56. The number of rotatable bonds is 4. The molecule has 3 rings (SSSR count). The third kappa shape index (κ3) is 4.63. The topological polar surface area (TPSA) is 61.4 Å². The normalized spacial score (nSPS) is 13.3. The number of anilines is 2. The third-order valence-electron chi connectivity index (χ3n) is 4.43. The summed E-state index contributed by atoms with van der Waals surface area (Å²) in [7, 11) is 0. The van der Waals surface area contributed by atoms with Crippen molar-refractivity contribution in [1.82, 2.24) is 4.90 Å². The number of hydrogen-bond donors (Lipinski definition) is 2. The van der Waals surface area contributed by atoms with Gasteiger partial charge < -0.3 is 15.5 Å². The Labute approximate surface area is 154 Å². The molecule has 0 spiro atoms. The molecule has 136 valence electrons. The minimum atomic E-state index is -0.101. The zero-order valence-electron chi connectivity index (χ0n) is 15.3. The second-order valence-electron chi connectivity index (χ2n) is 7.09. The van der Waals surface area contributed by atoms with Crippen molar-refractivity contribution >= 4 is 23.3 Å². The molecule has 1 aliphatic heterocycles. The van der Waals surface area contributed by atoms with Crippen LogP contribution in [0.25, 0.3) is 0 Å². The van der Waals surface area contributed by atoms with Crippen LogP contribution in [0.5, 0.6) is 0 Å². The van der Waals surface area contributed by atoms with Crippen molar-refractivity contribution in [1.29, 1.82) is 0 Å². The van der Waals surface area contributed by atoms with Crippen LogP contribution in [-0.4, -0.2) is 23.4 Å². The van der Waals surface area contributed by atoms with Crippen LogP contribution in [0.3, 0.4) is 0 Å². The maximum Gasteiger partial charge on any atom is 0.322 e. The summed E-state index contributed by atoms with van der Waals surface area (Å²) in [5.41, 5.74) is 3.98. The molecule has 26 heavy (non-hydrogen) atoms. The smallest absolute Gasteiger partial charge is 0.322 e. The van der Waals surface area contributed by atoms with E-state index in [9.17, 15) is 9.59 Å². The molecule has 0 aromatic heterocycles. The zero-order chi connectivity index (χ0) is 18.5. The minimum Gasteiger partial charge on any atom is -0.326 e. The van der Waals surface area contributed by atoms with Gasteiger partial charge in [0.25, 0.3) is 0 Å². The van der Waals surface area contributed by atoms with Gasteiger partial charge in [-0.05, 0) is 47.7 Å². The van der Waals surface area contributed by atoms with Gasteiger partial charge in [-0.2, -0.15) is 0 Å². The standard InChI is InChI=1S/C21H25N3O2/c1-15(2)13-20(25)22-18-7-9-19(10-8-18)23-21(26)24-12-11-16-5-3-4-6-17(16)14-24/h3-10,15H,11-14H2,1-2H3,(H,22,25)(H,23,26). The Morgan fingerprint density at radius 3 is 2.23 bits per heavy atom. The fraction of sp³-hybridized carbons (Fsp3) is 0.333. The van der Waals surface area contributed by atoms with Gasteiger partial charge in [-0.1, -0.05) is 38.1 Å². The third-order valence-corrected chi connectivity index (χ3v) is 4.43. The summed E-state index contributed by atoms with van der Waals surface area (Å²) >= 11 is 0. The number of benzene rings is 2. The molecular weight excluding hydrogens is 326 g/mol. The highest BCUT2D eigenvalue weighted by Gasteiger charge is 2.20. The van der Waals surface area contributed by atoms with E-state index in [-0.39, 0.29) is 11.9 Å². The highest BCUT2D eigenvalue weighted by atomic mass is 16.2. The predicted molar refractivity (Wildman–Crippen MR) is 104 cm³/mol. The maximum atomic E-state index is 12.5. The van der Waals surface area contributed by atoms with Gasteiger partial charge in [-0.25, -0.2) is 4.79 Å². The van der Waals surface area contributed by atoms with Crippen LogP contribution in [0.15, 0.2) is 48.5 Å². The average molecular weight is 351 g/mol. The quantitative estimate of drug-likeness (QED) is 0.864. The van der Waals surface area contributed by atoms with E-state index in [0.29, 0.717) is 25.4 Å². The molecule has 1 aliphatic rings. The second kappa shape index (κ2) is 8.04. The van der Waals surface area contributed by atoms with Gasteiger partial charge in [0.2, 0.25) is 5.91 Å². The molecule has 0 radical (unpaired) electrons. The van der Waals surface area contributed by atoms with Crippen molar-refractivity contribution < 1.29 is 9.59 Å². The molecule has 2 aromatic carbocycles. The largest absolute Gasteiger partial charge is 0.326 e. The fourth-order valence-corrected chi connectivity index (χ4v) is 3.09. The van der Waals surface area contributed by atoms with Gasteiger partial charge in [-0.15, -0.1) is 0 Å². The summed E-state index contributed by atoms with van der Waals surface area (Å²) in [5.74, 6) is 0.326. The number of hydrogen-bond acceptors (Lipinski definition) is 2. The molecule has 0 unspecified atom stereocenters. The summed E-state index contributed by atoms with van der Waals surface area (Å²) in [6.07, 6.45) is 1.37. The summed E-state index contributed by atoms with van der Waals surface area (Å²) in [6.45, 7) is 5.37. The molecule has 0 fully saturated rings. The van der Waals surface area contributed by atoms with Crippen LogP contribution in [0, 0.1) is 5.92 Å². The van der Waals surface area contributed by atoms with Crippen LogP contribution in [-0.2, 0) is 17.8 Å². The number of carbonyl (C=O) groups is 2. The Kier molecular flexibility index (Phi) is 5.56. The maximum absolute atomic E-state index is 12.5. The molecule has 0 atom stereocenters. The van der Waals surface area contributed by atoms with E-state index in [2.05, 4.69) is 22.8 Å². The van der Waals surface area contributed by atoms with Crippen molar-refractivity contribution in [2.24, 2.45) is 5.92 Å². The van der Waals surface area contributed by atoms with Crippen molar-refractivity contribution in [3.05, 3.63) is 59.7 Å². The molecule has 0 bridgehead atoms. The van der Waals surface area contributed by atoms with E-state index in [4.69, 9.17) is 0 Å². The Hall–Kier alpha value is -2.82.